The van der Waals surface area contributed by atoms with E-state index in [1.165, 1.54) is 12.1 Å². The van der Waals surface area contributed by atoms with Crippen LogP contribution in [0.3, 0.4) is 0 Å². The lowest BCUT2D eigenvalue weighted by molar-refractivity contribution is 0.561. The molecule has 0 aliphatic rings. The summed E-state index contributed by atoms with van der Waals surface area (Å²) in [5.41, 5.74) is 0. The first-order chi connectivity index (χ1) is 5.00. The molecule has 0 aliphatic carbocycles. The maximum absolute atomic E-state index is 12.3. The molecule has 1 aromatic rings. The third kappa shape index (κ3) is 2.21. The van der Waals surface area contributed by atoms with Crippen LogP contribution in [0.5, 0.6) is 0 Å². The van der Waals surface area contributed by atoms with E-state index < -0.39 is 14.6 Å². The number of halogens is 1. The minimum atomic E-state index is -3.35. The quantitative estimate of drug-likeness (QED) is 0.731. The molecule has 11 heavy (non-hydrogen) atoms. The number of rotatable bonds is 1. The van der Waals surface area contributed by atoms with E-state index >= 15 is 0 Å². The van der Waals surface area contributed by atoms with Gasteiger partial charge in [0.05, 0.1) is 4.90 Å². The van der Waals surface area contributed by atoms with Gasteiger partial charge in [-0.15, -0.1) is 0 Å². The fourth-order valence-electron chi connectivity index (χ4n) is 0.607. The van der Waals surface area contributed by atoms with Gasteiger partial charge in [-0.3, -0.25) is 0 Å². The van der Waals surface area contributed by atoms with Crippen molar-refractivity contribution in [1.29, 1.82) is 0 Å². The van der Waals surface area contributed by atoms with Crippen molar-refractivity contribution in [2.24, 2.45) is 0 Å². The Kier molecular flexibility index (Phi) is 2.22. The molecule has 0 bridgehead atoms. The molecule has 0 saturated heterocycles. The van der Waals surface area contributed by atoms with E-state index in [9.17, 15) is 8.60 Å². The summed E-state index contributed by atoms with van der Waals surface area (Å²) in [5.74, 6) is -0.451. The smallest absolute Gasteiger partial charge is 0.171 e. The zero-order valence-corrected chi connectivity index (χ0v) is 6.99. The lowest BCUT2D eigenvalue weighted by Crippen LogP contribution is -1.95. The Hall–Kier alpha value is -0.520. The third-order valence-corrected chi connectivity index (χ3v) is 2.56. The van der Waals surface area contributed by atoms with Crippen LogP contribution in [0, 0.1) is 5.82 Å². The number of benzene rings is 1. The van der Waals surface area contributed by atoms with Crippen LogP contribution >= 0.6 is 0 Å². The van der Waals surface area contributed by atoms with Crippen molar-refractivity contribution in [1.82, 2.24) is 0 Å². The number of hydrogen-bond acceptors (Lipinski definition) is 2. The highest BCUT2D eigenvalue weighted by molar-refractivity contribution is 8.29. The molecule has 1 unspecified atom stereocenters. The predicted octanol–water partition coefficient (Wildman–Crippen LogP) is 1.40. The maximum Gasteiger partial charge on any atom is 0.171 e. The maximum atomic E-state index is 12.3. The minimum absolute atomic E-state index is 0.0638. The zero-order chi connectivity index (χ0) is 8.48. The summed E-state index contributed by atoms with van der Waals surface area (Å²) in [7, 11) is -3.35. The number of hydrogen-bond donors (Lipinski definition) is 1. The molecule has 0 spiro atoms. The molecule has 1 N–H and O–H groups in total. The molecule has 60 valence electrons. The van der Waals surface area contributed by atoms with E-state index in [4.69, 9.17) is 4.55 Å². The Balaban J connectivity index is 3.20. The van der Waals surface area contributed by atoms with Crippen molar-refractivity contribution < 1.29 is 13.2 Å². The van der Waals surface area contributed by atoms with E-state index in [0.29, 0.717) is 0 Å². The second-order valence-electron chi connectivity index (χ2n) is 1.93. The van der Waals surface area contributed by atoms with E-state index in [1.807, 2.05) is 0 Å². The van der Waals surface area contributed by atoms with Gasteiger partial charge in [0.1, 0.15) is 5.82 Å². The van der Waals surface area contributed by atoms with Crippen molar-refractivity contribution in [3.05, 3.63) is 30.1 Å². The normalized spacial score (nSPS) is 15.8. The molecule has 2 nitrogen and oxygen atoms in total. The van der Waals surface area contributed by atoms with E-state index in [-0.39, 0.29) is 4.90 Å². The lowest BCUT2D eigenvalue weighted by Gasteiger charge is -1.96. The average molecular weight is 192 g/mol. The van der Waals surface area contributed by atoms with Gasteiger partial charge in [0.2, 0.25) is 0 Å². The molecular formula is C6H5FO2S2. The van der Waals surface area contributed by atoms with E-state index in [0.717, 1.165) is 12.1 Å². The van der Waals surface area contributed by atoms with Gasteiger partial charge in [-0.1, -0.05) is 0 Å². The summed E-state index contributed by atoms with van der Waals surface area (Å²) in [6.45, 7) is 0. The molecule has 0 aromatic heterocycles. The summed E-state index contributed by atoms with van der Waals surface area (Å²) in [5, 5.41) is 0. The average Bonchev–Trinajstić information content (AvgIpc) is 1.86. The zero-order valence-electron chi connectivity index (χ0n) is 5.36. The minimum Gasteiger partial charge on any atom is -0.302 e. The van der Waals surface area contributed by atoms with Crippen LogP contribution in [0.15, 0.2) is 29.2 Å². The topological polar surface area (TPSA) is 37.3 Å². The largest absolute Gasteiger partial charge is 0.302 e. The standard InChI is InChI=1S/C6H5FO2S2/c7-5-1-3-6(4-2-5)11(8,9)10/h1-4H,(H,8,9,10). The van der Waals surface area contributed by atoms with Crippen molar-refractivity contribution >= 4 is 20.0 Å². The highest BCUT2D eigenvalue weighted by Gasteiger charge is 2.03. The molecule has 1 atom stereocenters. The Morgan fingerprint density at radius 1 is 1.36 bits per heavy atom. The summed E-state index contributed by atoms with van der Waals surface area (Å²) in [4.78, 5) is 0.0638. The summed E-state index contributed by atoms with van der Waals surface area (Å²) >= 11 is 4.26. The van der Waals surface area contributed by atoms with Gasteiger partial charge in [0, 0.05) is 11.2 Å². The van der Waals surface area contributed by atoms with Gasteiger partial charge in [-0.05, 0) is 24.3 Å². The Bertz CT molecular complexity index is 341. The van der Waals surface area contributed by atoms with Crippen molar-refractivity contribution in [3.63, 3.8) is 0 Å². The van der Waals surface area contributed by atoms with Gasteiger partial charge in [-0.2, -0.15) is 0 Å². The lowest BCUT2D eigenvalue weighted by atomic mass is 10.4. The van der Waals surface area contributed by atoms with Crippen LogP contribution in [0.1, 0.15) is 0 Å². The summed E-state index contributed by atoms with van der Waals surface area (Å²) < 4.78 is 31.8. The molecule has 0 heterocycles. The molecule has 0 radical (unpaired) electrons. The first-order valence-electron chi connectivity index (χ1n) is 2.73. The summed E-state index contributed by atoms with van der Waals surface area (Å²) in [6, 6.07) is 4.59. The second-order valence-corrected chi connectivity index (χ2v) is 4.71. The highest BCUT2D eigenvalue weighted by atomic mass is 32.8. The highest BCUT2D eigenvalue weighted by Crippen LogP contribution is 2.08. The Morgan fingerprint density at radius 2 is 1.82 bits per heavy atom. The van der Waals surface area contributed by atoms with E-state index in [1.54, 1.807) is 0 Å². The Labute approximate surface area is 68.6 Å². The molecular weight excluding hydrogens is 187 g/mol. The van der Waals surface area contributed by atoms with Crippen molar-refractivity contribution in [2.45, 2.75) is 4.90 Å². The van der Waals surface area contributed by atoms with Crippen molar-refractivity contribution in [2.75, 3.05) is 0 Å². The SMILES string of the molecule is O=S(O)(=S)c1ccc(F)cc1. The molecule has 5 heteroatoms. The van der Waals surface area contributed by atoms with E-state index in [2.05, 4.69) is 11.2 Å². The fraction of sp³-hybridized carbons (Fsp3) is 0. The summed E-state index contributed by atoms with van der Waals surface area (Å²) in [6.07, 6.45) is 0. The van der Waals surface area contributed by atoms with Gasteiger partial charge >= 0.3 is 0 Å². The molecule has 0 saturated carbocycles. The monoisotopic (exact) mass is 192 g/mol. The fourth-order valence-corrected chi connectivity index (χ4v) is 1.42. The van der Waals surface area contributed by atoms with Crippen LogP contribution in [-0.4, -0.2) is 8.76 Å². The van der Waals surface area contributed by atoms with Gasteiger partial charge < -0.3 is 4.55 Å². The molecule has 0 aliphatic heterocycles. The van der Waals surface area contributed by atoms with Gasteiger partial charge in [0.25, 0.3) is 0 Å². The molecule has 1 aromatic carbocycles. The first kappa shape index (κ1) is 8.58. The van der Waals surface area contributed by atoms with Crippen LogP contribution in [-0.2, 0) is 20.0 Å². The van der Waals surface area contributed by atoms with Gasteiger partial charge in [0.15, 0.2) is 8.77 Å². The van der Waals surface area contributed by atoms with Crippen molar-refractivity contribution in [3.8, 4) is 0 Å². The van der Waals surface area contributed by atoms with Gasteiger partial charge in [-0.25, -0.2) is 8.60 Å². The third-order valence-electron chi connectivity index (χ3n) is 1.11. The van der Waals surface area contributed by atoms with Crippen LogP contribution in [0.2, 0.25) is 0 Å². The van der Waals surface area contributed by atoms with Crippen LogP contribution in [0.4, 0.5) is 4.39 Å². The van der Waals surface area contributed by atoms with Crippen LogP contribution < -0.4 is 0 Å². The molecule has 1 rings (SSSR count). The molecule has 0 amide bonds. The molecule has 0 fully saturated rings. The Morgan fingerprint density at radius 3 is 2.18 bits per heavy atom. The second kappa shape index (κ2) is 2.84. The first-order valence-corrected chi connectivity index (χ1v) is 5.17. The van der Waals surface area contributed by atoms with Crippen LogP contribution in [0.25, 0.3) is 0 Å². The predicted molar refractivity (Wildman–Crippen MR) is 42.8 cm³/mol.